The lowest BCUT2D eigenvalue weighted by molar-refractivity contribution is 0.346. The van der Waals surface area contributed by atoms with Gasteiger partial charge in [-0.1, -0.05) is 215 Å². The molecule has 0 bridgehead atoms. The van der Waals surface area contributed by atoms with E-state index in [1.54, 1.807) is 0 Å². The fourth-order valence-electron chi connectivity index (χ4n) is 14.2. The van der Waals surface area contributed by atoms with Crippen LogP contribution in [-0.2, 0) is 5.41 Å². The minimum Gasteiger partial charge on any atom is -0.336 e. The van der Waals surface area contributed by atoms with Crippen molar-refractivity contribution in [1.29, 1.82) is 0 Å². The first-order valence-corrected chi connectivity index (χ1v) is 28.6. The second-order valence-electron chi connectivity index (χ2n) is 23.4. The Bertz CT molecular complexity index is 4090. The Labute approximate surface area is 477 Å². The first-order chi connectivity index (χ1) is 39.6. The molecule has 1 unspecified atom stereocenters. The van der Waals surface area contributed by atoms with Crippen molar-refractivity contribution in [2.45, 2.75) is 53.2 Å². The quantitative estimate of drug-likeness (QED) is 0.157. The average Bonchev–Trinajstić information content (AvgIpc) is 3.12. The van der Waals surface area contributed by atoms with Crippen LogP contribution in [0.4, 0.5) is 56.9 Å². The molecule has 5 heterocycles. The van der Waals surface area contributed by atoms with E-state index in [1.165, 1.54) is 118 Å². The van der Waals surface area contributed by atoms with E-state index < -0.39 is 5.41 Å². The summed E-state index contributed by atoms with van der Waals surface area (Å²) in [5, 5.41) is 0. The number of aryl methyl sites for hydroxylation is 2. The van der Waals surface area contributed by atoms with Crippen molar-refractivity contribution in [3.63, 3.8) is 0 Å². The third-order valence-electron chi connectivity index (χ3n) is 17.9. The van der Waals surface area contributed by atoms with Gasteiger partial charge in [-0.05, 0) is 136 Å². The minimum absolute atomic E-state index is 0.118. The summed E-state index contributed by atoms with van der Waals surface area (Å²) < 4.78 is 0. The smallest absolute Gasteiger partial charge is 0.191 e. The third kappa shape index (κ3) is 7.18. The van der Waals surface area contributed by atoms with Gasteiger partial charge in [0.25, 0.3) is 0 Å². The number of benzene rings is 10. The zero-order valence-electron chi connectivity index (χ0n) is 46.8. The molecule has 0 N–H and O–H groups in total. The van der Waals surface area contributed by atoms with Crippen LogP contribution in [0.3, 0.4) is 0 Å². The highest BCUT2D eigenvalue weighted by atomic mass is 15.6. The minimum atomic E-state index is -0.660. The maximum absolute atomic E-state index is 2.71. The molecule has 81 heavy (non-hydrogen) atoms. The number of nitrogens with zero attached hydrogens (tertiary/aromatic N) is 6. The predicted molar refractivity (Wildman–Crippen MR) is 337 cm³/mol. The number of hydrogen-bond donors (Lipinski definition) is 0. The number of hydrogen-bond acceptors (Lipinski definition) is 6. The van der Waals surface area contributed by atoms with Crippen LogP contribution in [0, 0.1) is 26.2 Å². The molecule has 6 heteroatoms. The molecule has 10 aromatic rings. The summed E-state index contributed by atoms with van der Waals surface area (Å²) >= 11 is 0. The summed E-state index contributed by atoms with van der Waals surface area (Å²) in [6.45, 7) is 15.3. The van der Waals surface area contributed by atoms with Crippen molar-refractivity contribution in [2.24, 2.45) is 5.41 Å². The van der Waals surface area contributed by atoms with E-state index in [-0.39, 0.29) is 11.7 Å². The molecule has 0 saturated heterocycles. The van der Waals surface area contributed by atoms with E-state index in [1.807, 2.05) is 0 Å². The summed E-state index contributed by atoms with van der Waals surface area (Å²) in [6.07, 6.45) is 4.76. The van der Waals surface area contributed by atoms with Gasteiger partial charge < -0.3 is 14.7 Å². The second kappa shape index (κ2) is 18.5. The van der Waals surface area contributed by atoms with Gasteiger partial charge in [0.2, 0.25) is 0 Å². The van der Waals surface area contributed by atoms with Gasteiger partial charge in [0.15, 0.2) is 6.29 Å². The summed E-state index contributed by atoms with van der Waals surface area (Å²) in [5.41, 5.74) is 26.1. The van der Waals surface area contributed by atoms with Crippen LogP contribution in [-0.4, -0.2) is 24.4 Å². The zero-order valence-corrected chi connectivity index (χ0v) is 46.8. The molecule has 6 nitrogen and oxygen atoms in total. The highest BCUT2D eigenvalue weighted by Crippen LogP contribution is 2.65. The van der Waals surface area contributed by atoms with Gasteiger partial charge in [-0.25, -0.2) is 0 Å². The fourth-order valence-corrected chi connectivity index (χ4v) is 14.2. The van der Waals surface area contributed by atoms with Gasteiger partial charge in [-0.3, -0.25) is 14.7 Å². The Kier molecular flexibility index (Phi) is 11.1. The van der Waals surface area contributed by atoms with Crippen LogP contribution < -0.4 is 24.5 Å². The highest BCUT2D eigenvalue weighted by Gasteiger charge is 2.54. The van der Waals surface area contributed by atoms with E-state index in [0.29, 0.717) is 13.2 Å². The van der Waals surface area contributed by atoms with Gasteiger partial charge >= 0.3 is 0 Å². The molecule has 5 aliphatic heterocycles. The molecule has 394 valence electrons. The topological polar surface area (TPSA) is 19.4 Å². The van der Waals surface area contributed by atoms with E-state index in [9.17, 15) is 0 Å². The number of rotatable bonds is 7. The molecule has 5 aliphatic rings. The van der Waals surface area contributed by atoms with Crippen LogP contribution >= 0.6 is 0 Å². The molecular formula is C75H64N6. The van der Waals surface area contributed by atoms with E-state index in [4.69, 9.17) is 0 Å². The fraction of sp³-hybridized carbons (Fsp3) is 0.147. The second-order valence-corrected chi connectivity index (χ2v) is 23.4. The largest absolute Gasteiger partial charge is 0.336 e. The van der Waals surface area contributed by atoms with Crippen molar-refractivity contribution in [3.8, 4) is 22.3 Å². The molecule has 10 aromatic carbocycles. The molecular weight excluding hydrogens is 985 g/mol. The van der Waals surface area contributed by atoms with E-state index >= 15 is 0 Å². The van der Waals surface area contributed by atoms with E-state index in [2.05, 4.69) is 320 Å². The van der Waals surface area contributed by atoms with Crippen LogP contribution in [0.25, 0.3) is 22.3 Å². The highest BCUT2D eigenvalue weighted by molar-refractivity contribution is 6.03. The molecule has 0 amide bonds. The third-order valence-corrected chi connectivity index (χ3v) is 17.9. The number of allylic oxidation sites excluding steroid dienone is 2. The summed E-state index contributed by atoms with van der Waals surface area (Å²) in [5.74, 6) is 1.16. The zero-order chi connectivity index (χ0) is 54.7. The van der Waals surface area contributed by atoms with Gasteiger partial charge in [0.1, 0.15) is 5.82 Å². The van der Waals surface area contributed by atoms with Gasteiger partial charge in [0.05, 0.1) is 63.3 Å². The summed E-state index contributed by atoms with van der Waals surface area (Å²) in [4.78, 5) is 15.8. The molecule has 0 aliphatic carbocycles. The molecule has 1 atom stereocenters. The van der Waals surface area contributed by atoms with Gasteiger partial charge in [0, 0.05) is 23.4 Å². The summed E-state index contributed by atoms with van der Waals surface area (Å²) in [7, 11) is 0. The van der Waals surface area contributed by atoms with E-state index in [0.717, 1.165) is 11.5 Å². The molecule has 0 fully saturated rings. The number of anilines is 10. The lowest BCUT2D eigenvalue weighted by Crippen LogP contribution is -2.54. The van der Waals surface area contributed by atoms with Crippen molar-refractivity contribution >= 4 is 56.9 Å². The predicted octanol–water partition coefficient (Wildman–Crippen LogP) is 18.7. The van der Waals surface area contributed by atoms with Crippen LogP contribution in [0.2, 0.25) is 0 Å². The van der Waals surface area contributed by atoms with Crippen molar-refractivity contribution < 1.29 is 0 Å². The lowest BCUT2D eigenvalue weighted by Gasteiger charge is -2.53. The molecule has 1 spiro atoms. The van der Waals surface area contributed by atoms with Gasteiger partial charge in [-0.15, -0.1) is 0 Å². The Balaban J connectivity index is 0.953. The van der Waals surface area contributed by atoms with Crippen LogP contribution in [0.1, 0.15) is 59.7 Å². The monoisotopic (exact) mass is 1050 g/mol. The number of para-hydroxylation sites is 8. The Morgan fingerprint density at radius 2 is 0.914 bits per heavy atom. The SMILES string of the molecule is Cc1ccc2c(c1C)N(C1=CC(C(C)(C)C)=CCN1CN1c3c(C)cccc3N3c4ccccc4N(c4c(-c5ccccc5)cccc4-c4ccccc4)C13)c1ccccc1C21c2ccccc2N(c2ccccc2)c2ccccc21. The molecule has 15 rings (SSSR count). The normalized spacial score (nSPS) is 16.2. The standard InChI is InChI=1S/C75H64N6/c1-50-44-45-62-71(52(50)3)80(65-40-21-18-37-61(65)75(62)59-35-16-19-38-63(59)78(56-31-14-9-15-32-56)64-39-20-17-36-60(64)75)69-48-55(74(4,5)6)46-47-76(69)49-77-70-51(2)26-24-43-68(70)79-66-41-22-23-42-67(66)81(73(77)79)72-57(53-27-10-7-11-28-53)33-25-34-58(72)54-29-12-8-13-30-54/h7-46,48,73H,47,49H2,1-6H3. The van der Waals surface area contributed by atoms with Crippen molar-refractivity contribution in [3.05, 3.63) is 299 Å². The molecule has 0 aromatic heterocycles. The molecule has 0 radical (unpaired) electrons. The molecule has 0 saturated carbocycles. The maximum Gasteiger partial charge on any atom is 0.191 e. The average molecular weight is 1050 g/mol. The van der Waals surface area contributed by atoms with Crippen molar-refractivity contribution in [2.75, 3.05) is 37.7 Å². The maximum atomic E-state index is 2.71. The first-order valence-electron chi connectivity index (χ1n) is 28.6. The summed E-state index contributed by atoms with van der Waals surface area (Å²) in [6, 6.07) is 88.1. The van der Waals surface area contributed by atoms with Crippen LogP contribution in [0.15, 0.2) is 260 Å². The van der Waals surface area contributed by atoms with Crippen LogP contribution in [0.5, 0.6) is 0 Å². The lowest BCUT2D eigenvalue weighted by atomic mass is 9.59. The number of fused-ring (bicyclic) bond motifs is 13. The Morgan fingerprint density at radius 3 is 1.49 bits per heavy atom. The Morgan fingerprint density at radius 1 is 0.420 bits per heavy atom. The first kappa shape index (κ1) is 48.6. The Hall–Kier alpha value is -9.52. The van der Waals surface area contributed by atoms with Gasteiger partial charge in [-0.2, -0.15) is 0 Å². The van der Waals surface area contributed by atoms with Crippen molar-refractivity contribution in [1.82, 2.24) is 4.90 Å².